The summed E-state index contributed by atoms with van der Waals surface area (Å²) in [5.74, 6) is 0.0928. The highest BCUT2D eigenvalue weighted by atomic mass is 19.1. The van der Waals surface area contributed by atoms with E-state index in [0.29, 0.717) is 22.6 Å². The van der Waals surface area contributed by atoms with Gasteiger partial charge in [0.25, 0.3) is 5.91 Å². The van der Waals surface area contributed by atoms with E-state index in [1.165, 1.54) is 19.2 Å². The van der Waals surface area contributed by atoms with Crippen molar-refractivity contribution in [3.63, 3.8) is 0 Å². The molecule has 4 nitrogen and oxygen atoms in total. The van der Waals surface area contributed by atoms with Crippen LogP contribution in [-0.4, -0.2) is 20.1 Å². The number of amides is 1. The molecule has 0 spiro atoms. The second kappa shape index (κ2) is 6.26. The SMILES string of the molecule is COc1ccc(C(=O)Nc2ccccc2F)c(OC)c1C. The van der Waals surface area contributed by atoms with Crippen molar-refractivity contribution < 1.29 is 18.7 Å². The molecule has 0 saturated heterocycles. The van der Waals surface area contributed by atoms with Gasteiger partial charge in [0.15, 0.2) is 0 Å². The zero-order chi connectivity index (χ0) is 15.4. The van der Waals surface area contributed by atoms with Crippen molar-refractivity contribution in [3.05, 3.63) is 53.3 Å². The van der Waals surface area contributed by atoms with E-state index in [1.54, 1.807) is 38.3 Å². The van der Waals surface area contributed by atoms with Gasteiger partial charge in [-0.25, -0.2) is 4.39 Å². The van der Waals surface area contributed by atoms with Crippen LogP contribution in [0.3, 0.4) is 0 Å². The molecule has 0 atom stereocenters. The van der Waals surface area contributed by atoms with E-state index in [4.69, 9.17) is 9.47 Å². The highest BCUT2D eigenvalue weighted by Crippen LogP contribution is 2.31. The Bertz CT molecular complexity index is 671. The third-order valence-corrected chi connectivity index (χ3v) is 3.15. The fourth-order valence-corrected chi connectivity index (χ4v) is 2.09. The molecule has 110 valence electrons. The molecule has 2 rings (SSSR count). The summed E-state index contributed by atoms with van der Waals surface area (Å²) in [4.78, 5) is 12.3. The number of ether oxygens (including phenoxy) is 2. The van der Waals surface area contributed by atoms with Gasteiger partial charge in [-0.3, -0.25) is 4.79 Å². The van der Waals surface area contributed by atoms with Crippen LogP contribution in [0.4, 0.5) is 10.1 Å². The van der Waals surface area contributed by atoms with Crippen molar-refractivity contribution >= 4 is 11.6 Å². The number of nitrogens with one attached hydrogen (secondary N) is 1. The van der Waals surface area contributed by atoms with E-state index in [2.05, 4.69) is 5.32 Å². The molecule has 0 aromatic heterocycles. The monoisotopic (exact) mass is 289 g/mol. The lowest BCUT2D eigenvalue weighted by Crippen LogP contribution is -2.14. The van der Waals surface area contributed by atoms with Gasteiger partial charge in [0.1, 0.15) is 17.3 Å². The molecule has 2 aromatic carbocycles. The topological polar surface area (TPSA) is 47.6 Å². The molecule has 0 saturated carbocycles. The molecular formula is C16H16FNO3. The fourth-order valence-electron chi connectivity index (χ4n) is 2.09. The van der Waals surface area contributed by atoms with Gasteiger partial charge in [0.2, 0.25) is 0 Å². The Labute approximate surface area is 122 Å². The number of para-hydroxylation sites is 1. The molecule has 0 radical (unpaired) electrons. The zero-order valence-electron chi connectivity index (χ0n) is 12.1. The largest absolute Gasteiger partial charge is 0.496 e. The van der Waals surface area contributed by atoms with E-state index in [-0.39, 0.29) is 5.69 Å². The Morgan fingerprint density at radius 1 is 1.10 bits per heavy atom. The van der Waals surface area contributed by atoms with Crippen LogP contribution in [0.1, 0.15) is 15.9 Å². The van der Waals surface area contributed by atoms with Crippen molar-refractivity contribution in [2.45, 2.75) is 6.92 Å². The first kappa shape index (κ1) is 14.8. The number of benzene rings is 2. The summed E-state index contributed by atoms with van der Waals surface area (Å²) in [5, 5.41) is 2.53. The number of halogens is 1. The lowest BCUT2D eigenvalue weighted by molar-refractivity contribution is 0.102. The molecule has 21 heavy (non-hydrogen) atoms. The number of hydrogen-bond acceptors (Lipinski definition) is 3. The number of carbonyl (C=O) groups excluding carboxylic acids is 1. The number of anilines is 1. The van der Waals surface area contributed by atoms with Crippen LogP contribution < -0.4 is 14.8 Å². The summed E-state index contributed by atoms with van der Waals surface area (Å²) in [7, 11) is 3.02. The van der Waals surface area contributed by atoms with E-state index >= 15 is 0 Å². The van der Waals surface area contributed by atoms with E-state index in [1.807, 2.05) is 0 Å². The minimum absolute atomic E-state index is 0.123. The van der Waals surface area contributed by atoms with Gasteiger partial charge in [0, 0.05) is 5.56 Å². The molecule has 0 heterocycles. The number of carbonyl (C=O) groups is 1. The van der Waals surface area contributed by atoms with Crippen molar-refractivity contribution in [2.24, 2.45) is 0 Å². The van der Waals surface area contributed by atoms with Crippen LogP contribution in [0, 0.1) is 12.7 Å². The molecule has 0 aliphatic heterocycles. The summed E-state index contributed by atoms with van der Waals surface area (Å²) in [6.45, 7) is 1.79. The van der Waals surface area contributed by atoms with Crippen LogP contribution in [-0.2, 0) is 0 Å². The predicted molar refractivity (Wildman–Crippen MR) is 78.6 cm³/mol. The maximum atomic E-state index is 13.6. The second-order valence-electron chi connectivity index (χ2n) is 4.41. The number of rotatable bonds is 4. The van der Waals surface area contributed by atoms with Gasteiger partial charge < -0.3 is 14.8 Å². The first-order chi connectivity index (χ1) is 10.1. The highest BCUT2D eigenvalue weighted by Gasteiger charge is 2.18. The van der Waals surface area contributed by atoms with Crippen LogP contribution in [0.5, 0.6) is 11.5 Å². The van der Waals surface area contributed by atoms with Gasteiger partial charge in [-0.15, -0.1) is 0 Å². The molecule has 1 N–H and O–H groups in total. The Hall–Kier alpha value is -2.56. The average molecular weight is 289 g/mol. The molecule has 0 bridgehead atoms. The fraction of sp³-hybridized carbons (Fsp3) is 0.188. The Morgan fingerprint density at radius 2 is 1.81 bits per heavy atom. The predicted octanol–water partition coefficient (Wildman–Crippen LogP) is 3.40. The normalized spacial score (nSPS) is 10.1. The minimum Gasteiger partial charge on any atom is -0.496 e. The summed E-state index contributed by atoms with van der Waals surface area (Å²) < 4.78 is 24.0. The summed E-state index contributed by atoms with van der Waals surface area (Å²) >= 11 is 0. The Balaban J connectivity index is 2.36. The maximum absolute atomic E-state index is 13.6. The average Bonchev–Trinajstić information content (AvgIpc) is 2.49. The Morgan fingerprint density at radius 3 is 2.43 bits per heavy atom. The van der Waals surface area contributed by atoms with Gasteiger partial charge in [-0.2, -0.15) is 0 Å². The van der Waals surface area contributed by atoms with Gasteiger partial charge in [0.05, 0.1) is 25.5 Å². The number of methoxy groups -OCH3 is 2. The summed E-state index contributed by atoms with van der Waals surface area (Å²) in [6, 6.07) is 9.25. The Kier molecular flexibility index (Phi) is 4.42. The molecule has 0 aliphatic carbocycles. The molecule has 1 amide bonds. The maximum Gasteiger partial charge on any atom is 0.259 e. The molecule has 0 unspecified atom stereocenters. The zero-order valence-corrected chi connectivity index (χ0v) is 12.1. The van der Waals surface area contributed by atoms with E-state index in [9.17, 15) is 9.18 Å². The van der Waals surface area contributed by atoms with Gasteiger partial charge in [-0.1, -0.05) is 12.1 Å². The van der Waals surface area contributed by atoms with Gasteiger partial charge >= 0.3 is 0 Å². The molecule has 5 heteroatoms. The first-order valence-corrected chi connectivity index (χ1v) is 6.36. The number of hydrogen-bond donors (Lipinski definition) is 1. The van der Waals surface area contributed by atoms with E-state index in [0.717, 1.165) is 0 Å². The molecule has 0 aliphatic rings. The standard InChI is InChI=1S/C16H16FNO3/c1-10-14(20-2)9-8-11(15(10)21-3)16(19)18-13-7-5-4-6-12(13)17/h4-9H,1-3H3,(H,18,19). The van der Waals surface area contributed by atoms with Crippen molar-refractivity contribution in [1.82, 2.24) is 0 Å². The quantitative estimate of drug-likeness (QED) is 0.938. The van der Waals surface area contributed by atoms with E-state index < -0.39 is 11.7 Å². The third kappa shape index (κ3) is 2.97. The second-order valence-corrected chi connectivity index (χ2v) is 4.41. The van der Waals surface area contributed by atoms with Crippen LogP contribution >= 0.6 is 0 Å². The van der Waals surface area contributed by atoms with Crippen molar-refractivity contribution in [3.8, 4) is 11.5 Å². The van der Waals surface area contributed by atoms with Crippen LogP contribution in [0.15, 0.2) is 36.4 Å². The summed E-state index contributed by atoms with van der Waals surface area (Å²) in [5.41, 5.74) is 1.15. The van der Waals surface area contributed by atoms with Crippen LogP contribution in [0.25, 0.3) is 0 Å². The van der Waals surface area contributed by atoms with Crippen LogP contribution in [0.2, 0.25) is 0 Å². The molecule has 2 aromatic rings. The van der Waals surface area contributed by atoms with Crippen molar-refractivity contribution in [2.75, 3.05) is 19.5 Å². The molecular weight excluding hydrogens is 273 g/mol. The third-order valence-electron chi connectivity index (χ3n) is 3.15. The summed E-state index contributed by atoms with van der Waals surface area (Å²) in [6.07, 6.45) is 0. The highest BCUT2D eigenvalue weighted by molar-refractivity contribution is 6.06. The smallest absolute Gasteiger partial charge is 0.259 e. The minimum atomic E-state index is -0.491. The lowest BCUT2D eigenvalue weighted by atomic mass is 10.1. The van der Waals surface area contributed by atoms with Gasteiger partial charge in [-0.05, 0) is 31.2 Å². The molecule has 0 fully saturated rings. The lowest BCUT2D eigenvalue weighted by Gasteiger charge is -2.14. The van der Waals surface area contributed by atoms with Crippen molar-refractivity contribution in [1.29, 1.82) is 0 Å². The first-order valence-electron chi connectivity index (χ1n) is 6.36.